The van der Waals surface area contributed by atoms with Crippen molar-refractivity contribution in [1.29, 1.82) is 0 Å². The van der Waals surface area contributed by atoms with Gasteiger partial charge >= 0.3 is 0 Å². The van der Waals surface area contributed by atoms with E-state index in [1.165, 1.54) is 32.1 Å². The van der Waals surface area contributed by atoms with Crippen molar-refractivity contribution < 1.29 is 14.3 Å². The van der Waals surface area contributed by atoms with Crippen molar-refractivity contribution in [1.82, 2.24) is 0 Å². The summed E-state index contributed by atoms with van der Waals surface area (Å²) >= 11 is 0. The van der Waals surface area contributed by atoms with Crippen LogP contribution in [0.3, 0.4) is 0 Å². The molecule has 3 heteroatoms. The van der Waals surface area contributed by atoms with Gasteiger partial charge in [0.1, 0.15) is 11.9 Å². The molecular weight excluding hydrogens is 384 g/mol. The van der Waals surface area contributed by atoms with Crippen molar-refractivity contribution in [2.45, 2.75) is 92.1 Å². The highest BCUT2D eigenvalue weighted by molar-refractivity contribution is 5.97. The van der Waals surface area contributed by atoms with Crippen LogP contribution in [0.4, 0.5) is 0 Å². The van der Waals surface area contributed by atoms with E-state index in [2.05, 4.69) is 27.4 Å². The quantitative estimate of drug-likeness (QED) is 0.501. The SMILES string of the molecule is C=C(C)CC(=O)C1=C(C)C2[C@H](CC3C4CCC5C[C@@H](C)CC[C@]5(C)C4CC(=O)[C@@]32C)O1. The molecule has 0 aromatic rings. The van der Waals surface area contributed by atoms with Crippen LogP contribution in [-0.4, -0.2) is 17.7 Å². The van der Waals surface area contributed by atoms with E-state index < -0.39 is 0 Å². The summed E-state index contributed by atoms with van der Waals surface area (Å²) in [6.45, 7) is 15.0. The Balaban J connectivity index is 1.46. The molecule has 1 aliphatic heterocycles. The van der Waals surface area contributed by atoms with Gasteiger partial charge in [-0.15, -0.1) is 0 Å². The Labute approximate surface area is 188 Å². The number of ketones is 2. The van der Waals surface area contributed by atoms with Crippen molar-refractivity contribution in [3.63, 3.8) is 0 Å². The van der Waals surface area contributed by atoms with Gasteiger partial charge in [-0.1, -0.05) is 39.3 Å². The lowest BCUT2D eigenvalue weighted by Crippen LogP contribution is -2.56. The van der Waals surface area contributed by atoms with Crippen LogP contribution in [0, 0.1) is 46.3 Å². The third-order valence-electron chi connectivity index (χ3n) is 10.6. The molecule has 4 fully saturated rings. The van der Waals surface area contributed by atoms with Crippen LogP contribution < -0.4 is 0 Å². The molecule has 0 spiro atoms. The largest absolute Gasteiger partial charge is 0.486 e. The molecule has 170 valence electrons. The van der Waals surface area contributed by atoms with Crippen LogP contribution in [0.2, 0.25) is 0 Å². The lowest BCUT2D eigenvalue weighted by atomic mass is 9.44. The number of carbonyl (C=O) groups is 2. The maximum absolute atomic E-state index is 13.9. The lowest BCUT2D eigenvalue weighted by Gasteiger charge is -2.60. The van der Waals surface area contributed by atoms with Gasteiger partial charge in [0.15, 0.2) is 5.76 Å². The highest BCUT2D eigenvalue weighted by Gasteiger charge is 2.68. The summed E-state index contributed by atoms with van der Waals surface area (Å²) in [5.41, 5.74) is 1.85. The normalized spacial score (nSPS) is 48.4. The lowest BCUT2D eigenvalue weighted by molar-refractivity contribution is -0.156. The van der Waals surface area contributed by atoms with Crippen LogP contribution in [0.1, 0.15) is 86.0 Å². The number of ether oxygens (including phenoxy) is 1. The van der Waals surface area contributed by atoms with E-state index in [4.69, 9.17) is 4.74 Å². The van der Waals surface area contributed by atoms with Gasteiger partial charge in [0.25, 0.3) is 0 Å². The highest BCUT2D eigenvalue weighted by Crippen LogP contribution is 2.68. The van der Waals surface area contributed by atoms with E-state index in [0.29, 0.717) is 41.1 Å². The van der Waals surface area contributed by atoms with E-state index in [1.807, 2.05) is 13.8 Å². The standard InChI is InChI=1S/C28H40O3/c1-15(2)11-22(29)26-17(4)25-23(31-26)13-21-19-8-7-18-12-16(3)9-10-27(18,5)20(19)14-24(30)28(21,25)6/h16,18-21,23,25H,1,7-14H2,2-6H3/t16-,18?,19?,20?,21?,23-,25?,27-,28+/m0/s1. The number of carbonyl (C=O) groups excluding carboxylic acids is 2. The summed E-state index contributed by atoms with van der Waals surface area (Å²) in [4.78, 5) is 26.7. The predicted molar refractivity (Wildman–Crippen MR) is 122 cm³/mol. The molecule has 31 heavy (non-hydrogen) atoms. The number of hydrogen-bond acceptors (Lipinski definition) is 3. The zero-order valence-corrected chi connectivity index (χ0v) is 20.1. The van der Waals surface area contributed by atoms with Crippen molar-refractivity contribution >= 4 is 11.6 Å². The summed E-state index contributed by atoms with van der Waals surface area (Å²) in [6.07, 6.45) is 8.57. The summed E-state index contributed by atoms with van der Waals surface area (Å²) < 4.78 is 6.33. The van der Waals surface area contributed by atoms with E-state index >= 15 is 0 Å². The summed E-state index contributed by atoms with van der Waals surface area (Å²) in [5.74, 6) is 4.29. The Kier molecular flexibility index (Phi) is 4.89. The second-order valence-corrected chi connectivity index (χ2v) is 12.4. The zero-order valence-electron chi connectivity index (χ0n) is 20.1. The molecule has 1 heterocycles. The van der Waals surface area contributed by atoms with Gasteiger partial charge in [0, 0.05) is 24.2 Å². The van der Waals surface area contributed by atoms with Crippen molar-refractivity contribution in [3.05, 3.63) is 23.5 Å². The van der Waals surface area contributed by atoms with Gasteiger partial charge in [-0.2, -0.15) is 0 Å². The molecule has 3 nitrogen and oxygen atoms in total. The summed E-state index contributed by atoms with van der Waals surface area (Å²) in [6, 6.07) is 0. The molecule has 0 aromatic carbocycles. The minimum Gasteiger partial charge on any atom is -0.486 e. The second kappa shape index (κ2) is 7.06. The third kappa shape index (κ3) is 2.90. The summed E-state index contributed by atoms with van der Waals surface area (Å²) in [5, 5.41) is 0. The Morgan fingerprint density at radius 3 is 2.61 bits per heavy atom. The smallest absolute Gasteiger partial charge is 0.201 e. The molecule has 5 rings (SSSR count). The molecule has 5 aliphatic rings. The third-order valence-corrected chi connectivity index (χ3v) is 10.6. The molecule has 0 radical (unpaired) electrons. The number of Topliss-reactive ketones (excluding diaryl/α,β-unsaturated/α-hetero) is 2. The van der Waals surface area contributed by atoms with Crippen molar-refractivity contribution in [2.24, 2.45) is 46.3 Å². The first kappa shape index (κ1) is 21.5. The van der Waals surface area contributed by atoms with E-state index in [-0.39, 0.29) is 23.2 Å². The molecule has 9 atom stereocenters. The van der Waals surface area contributed by atoms with Crippen LogP contribution in [-0.2, 0) is 14.3 Å². The Morgan fingerprint density at radius 1 is 1.16 bits per heavy atom. The first-order valence-corrected chi connectivity index (χ1v) is 12.7. The molecular formula is C28H40O3. The number of hydrogen-bond donors (Lipinski definition) is 0. The van der Waals surface area contributed by atoms with Crippen LogP contribution >= 0.6 is 0 Å². The fourth-order valence-corrected chi connectivity index (χ4v) is 9.06. The monoisotopic (exact) mass is 424 g/mol. The van der Waals surface area contributed by atoms with Crippen LogP contribution in [0.25, 0.3) is 0 Å². The van der Waals surface area contributed by atoms with Gasteiger partial charge < -0.3 is 4.74 Å². The molecule has 0 aromatic heterocycles. The molecule has 4 saturated carbocycles. The number of rotatable bonds is 3. The highest BCUT2D eigenvalue weighted by atomic mass is 16.5. The Hall–Kier alpha value is -1.38. The zero-order chi connectivity index (χ0) is 22.3. The van der Waals surface area contributed by atoms with Gasteiger partial charge in [-0.05, 0) is 86.5 Å². The number of allylic oxidation sites excluding steroid dienone is 2. The molecule has 4 aliphatic carbocycles. The molecule has 0 saturated heterocycles. The van der Waals surface area contributed by atoms with Gasteiger partial charge in [-0.3, -0.25) is 9.59 Å². The average Bonchev–Trinajstić information content (AvgIpc) is 3.18. The first-order chi connectivity index (χ1) is 14.6. The summed E-state index contributed by atoms with van der Waals surface area (Å²) in [7, 11) is 0. The maximum atomic E-state index is 13.9. The Bertz CT molecular complexity index is 867. The van der Waals surface area contributed by atoms with Crippen LogP contribution in [0.15, 0.2) is 23.5 Å². The molecule has 0 amide bonds. The maximum Gasteiger partial charge on any atom is 0.201 e. The second-order valence-electron chi connectivity index (χ2n) is 12.4. The molecule has 0 N–H and O–H groups in total. The fourth-order valence-electron chi connectivity index (χ4n) is 9.06. The Morgan fingerprint density at radius 2 is 1.90 bits per heavy atom. The van der Waals surface area contributed by atoms with Gasteiger partial charge in [0.05, 0.1) is 0 Å². The molecule has 0 bridgehead atoms. The van der Waals surface area contributed by atoms with Gasteiger partial charge in [-0.25, -0.2) is 0 Å². The predicted octanol–water partition coefficient (Wildman–Crippen LogP) is 6.28. The van der Waals surface area contributed by atoms with Crippen molar-refractivity contribution in [2.75, 3.05) is 0 Å². The minimum atomic E-state index is -0.369. The average molecular weight is 425 g/mol. The van der Waals surface area contributed by atoms with E-state index in [9.17, 15) is 9.59 Å². The molecule has 5 unspecified atom stereocenters. The van der Waals surface area contributed by atoms with Crippen molar-refractivity contribution in [3.8, 4) is 0 Å². The van der Waals surface area contributed by atoms with Gasteiger partial charge in [0.2, 0.25) is 5.78 Å². The first-order valence-electron chi connectivity index (χ1n) is 12.7. The fraction of sp³-hybridized carbons (Fsp3) is 0.786. The number of fused-ring (bicyclic) bond motifs is 7. The van der Waals surface area contributed by atoms with E-state index in [0.717, 1.165) is 35.8 Å². The van der Waals surface area contributed by atoms with Crippen LogP contribution in [0.5, 0.6) is 0 Å². The topological polar surface area (TPSA) is 43.4 Å². The minimum absolute atomic E-state index is 0.00122. The van der Waals surface area contributed by atoms with E-state index in [1.54, 1.807) is 0 Å².